The lowest BCUT2D eigenvalue weighted by atomic mass is 9.98. The molecule has 162 valence electrons. The first-order valence-electron chi connectivity index (χ1n) is 10.9. The van der Waals surface area contributed by atoms with Crippen molar-refractivity contribution in [1.29, 1.82) is 5.26 Å². The summed E-state index contributed by atoms with van der Waals surface area (Å²) in [6, 6.07) is 39.0. The van der Waals surface area contributed by atoms with Crippen molar-refractivity contribution in [3.05, 3.63) is 143 Å². The number of nitrogens with zero attached hydrogens (tertiary/aromatic N) is 1. The number of thioether (sulfide) groups is 1. The van der Waals surface area contributed by atoms with Crippen LogP contribution in [-0.2, 0) is 12.4 Å². The molecule has 0 aromatic heterocycles. The smallest absolute Gasteiger partial charge is 0.119 e. The van der Waals surface area contributed by atoms with Crippen molar-refractivity contribution < 1.29 is 4.74 Å². The lowest BCUT2D eigenvalue weighted by Gasteiger charge is -2.11. The summed E-state index contributed by atoms with van der Waals surface area (Å²) in [4.78, 5) is 0. The Morgan fingerprint density at radius 2 is 1.36 bits per heavy atom. The molecule has 2 nitrogen and oxygen atoms in total. The molecule has 0 spiro atoms. The van der Waals surface area contributed by atoms with Crippen LogP contribution in [0.2, 0.25) is 0 Å². The van der Waals surface area contributed by atoms with Crippen LogP contribution in [0.15, 0.2) is 115 Å². The van der Waals surface area contributed by atoms with Crippen molar-refractivity contribution >= 4 is 17.3 Å². The van der Waals surface area contributed by atoms with Crippen LogP contribution in [0, 0.1) is 11.3 Å². The van der Waals surface area contributed by atoms with Gasteiger partial charge in [0.05, 0.1) is 11.6 Å². The van der Waals surface area contributed by atoms with Gasteiger partial charge in [0.2, 0.25) is 0 Å². The van der Waals surface area contributed by atoms with Gasteiger partial charge in [-0.1, -0.05) is 91.0 Å². The van der Waals surface area contributed by atoms with E-state index in [1.807, 2.05) is 72.4 Å². The van der Waals surface area contributed by atoms with Crippen LogP contribution >= 0.6 is 11.8 Å². The van der Waals surface area contributed by atoms with Crippen LogP contribution in [0.4, 0.5) is 0 Å². The van der Waals surface area contributed by atoms with E-state index in [1.165, 1.54) is 22.3 Å². The van der Waals surface area contributed by atoms with Crippen molar-refractivity contribution in [2.24, 2.45) is 0 Å². The number of hydrogen-bond donors (Lipinski definition) is 0. The molecule has 0 saturated heterocycles. The third-order valence-corrected chi connectivity index (χ3v) is 6.20. The van der Waals surface area contributed by atoms with Gasteiger partial charge in [-0.05, 0) is 52.1 Å². The first kappa shape index (κ1) is 22.5. The van der Waals surface area contributed by atoms with E-state index in [0.717, 1.165) is 22.8 Å². The zero-order valence-corrected chi connectivity index (χ0v) is 19.2. The Morgan fingerprint density at radius 1 is 0.727 bits per heavy atom. The Bertz CT molecular complexity index is 1210. The molecule has 0 heterocycles. The quantitative estimate of drug-likeness (QED) is 0.249. The summed E-state index contributed by atoms with van der Waals surface area (Å²) in [6.07, 6.45) is 2.30. The van der Waals surface area contributed by atoms with Gasteiger partial charge >= 0.3 is 0 Å². The fraction of sp³-hybridized carbons (Fsp3) is 0.100. The summed E-state index contributed by atoms with van der Waals surface area (Å²) in [5, 5.41) is 8.95. The van der Waals surface area contributed by atoms with Crippen LogP contribution in [0.1, 0.15) is 27.8 Å². The predicted molar refractivity (Wildman–Crippen MR) is 138 cm³/mol. The second-order valence-corrected chi connectivity index (χ2v) is 8.64. The summed E-state index contributed by atoms with van der Waals surface area (Å²) >= 11 is 1.86. The van der Waals surface area contributed by atoms with Crippen molar-refractivity contribution in [3.63, 3.8) is 0 Å². The SMILES string of the molecule is N#Cc1ccc(CSC/C=C(\c2ccccc2)c2ccc(OCc3ccccc3)cc2)cc1. The second kappa shape index (κ2) is 11.8. The maximum Gasteiger partial charge on any atom is 0.119 e. The Balaban J connectivity index is 1.43. The van der Waals surface area contributed by atoms with E-state index in [2.05, 4.69) is 60.7 Å². The van der Waals surface area contributed by atoms with Gasteiger partial charge in [-0.25, -0.2) is 0 Å². The average molecular weight is 448 g/mol. The zero-order chi connectivity index (χ0) is 22.7. The number of benzene rings is 4. The molecule has 0 N–H and O–H groups in total. The van der Waals surface area contributed by atoms with Crippen molar-refractivity contribution in [3.8, 4) is 11.8 Å². The minimum atomic E-state index is 0.563. The van der Waals surface area contributed by atoms with E-state index >= 15 is 0 Å². The van der Waals surface area contributed by atoms with Gasteiger partial charge in [-0.3, -0.25) is 0 Å². The van der Waals surface area contributed by atoms with E-state index in [0.29, 0.717) is 12.2 Å². The van der Waals surface area contributed by atoms with E-state index in [4.69, 9.17) is 10.00 Å². The molecular weight excluding hydrogens is 422 g/mol. The maximum atomic E-state index is 8.95. The molecule has 4 aromatic rings. The summed E-state index contributed by atoms with van der Waals surface area (Å²) in [5.41, 5.74) is 6.68. The molecule has 0 bridgehead atoms. The van der Waals surface area contributed by atoms with Gasteiger partial charge in [0.15, 0.2) is 0 Å². The topological polar surface area (TPSA) is 33.0 Å². The predicted octanol–water partition coefficient (Wildman–Crippen LogP) is 7.50. The zero-order valence-electron chi connectivity index (χ0n) is 18.4. The van der Waals surface area contributed by atoms with Crippen molar-refractivity contribution in [2.75, 3.05) is 5.75 Å². The fourth-order valence-electron chi connectivity index (χ4n) is 3.49. The van der Waals surface area contributed by atoms with Gasteiger partial charge in [0.25, 0.3) is 0 Å². The fourth-order valence-corrected chi connectivity index (χ4v) is 4.32. The van der Waals surface area contributed by atoms with Gasteiger partial charge in [-0.15, -0.1) is 0 Å². The second-order valence-electron chi connectivity index (χ2n) is 7.61. The lowest BCUT2D eigenvalue weighted by Crippen LogP contribution is -1.95. The summed E-state index contributed by atoms with van der Waals surface area (Å²) in [7, 11) is 0. The van der Waals surface area contributed by atoms with Crippen molar-refractivity contribution in [2.45, 2.75) is 12.4 Å². The van der Waals surface area contributed by atoms with Crippen LogP contribution in [0.25, 0.3) is 5.57 Å². The van der Waals surface area contributed by atoms with Crippen LogP contribution in [0.3, 0.4) is 0 Å². The highest BCUT2D eigenvalue weighted by molar-refractivity contribution is 7.98. The third kappa shape index (κ3) is 6.62. The Hall–Kier alpha value is -3.74. The highest BCUT2D eigenvalue weighted by Gasteiger charge is 2.06. The minimum Gasteiger partial charge on any atom is -0.489 e. The van der Waals surface area contributed by atoms with Crippen LogP contribution in [-0.4, -0.2) is 5.75 Å². The molecule has 4 rings (SSSR count). The minimum absolute atomic E-state index is 0.563. The molecule has 0 amide bonds. The van der Waals surface area contributed by atoms with Crippen molar-refractivity contribution in [1.82, 2.24) is 0 Å². The van der Waals surface area contributed by atoms with E-state index in [9.17, 15) is 0 Å². The molecule has 0 unspecified atom stereocenters. The van der Waals surface area contributed by atoms with Gasteiger partial charge < -0.3 is 4.74 Å². The number of rotatable bonds is 9. The standard InChI is InChI=1S/C30H25NOS/c31-21-24-11-13-26(14-12-24)23-33-20-19-30(27-9-5-2-6-10-27)28-15-17-29(18-16-28)32-22-25-7-3-1-4-8-25/h1-19H,20,22-23H2/b30-19+. The number of ether oxygens (including phenoxy) is 1. The van der Waals surface area contributed by atoms with E-state index in [-0.39, 0.29) is 0 Å². The average Bonchev–Trinajstić information content (AvgIpc) is 2.89. The molecule has 0 saturated carbocycles. The Kier molecular flexibility index (Phi) is 8.00. The highest BCUT2D eigenvalue weighted by atomic mass is 32.2. The molecule has 0 fully saturated rings. The molecule has 0 aliphatic heterocycles. The number of nitriles is 1. The monoisotopic (exact) mass is 447 g/mol. The summed E-state index contributed by atoms with van der Waals surface area (Å²) < 4.78 is 5.95. The van der Waals surface area contributed by atoms with Gasteiger partial charge in [0, 0.05) is 11.5 Å². The van der Waals surface area contributed by atoms with E-state index < -0.39 is 0 Å². The molecule has 33 heavy (non-hydrogen) atoms. The maximum absolute atomic E-state index is 8.95. The summed E-state index contributed by atoms with van der Waals surface area (Å²) in [5.74, 6) is 2.68. The molecule has 0 radical (unpaired) electrons. The third-order valence-electron chi connectivity index (χ3n) is 5.26. The van der Waals surface area contributed by atoms with Gasteiger partial charge in [-0.2, -0.15) is 17.0 Å². The Labute approximate surface area is 200 Å². The molecule has 0 aliphatic rings. The molecule has 0 aliphatic carbocycles. The normalized spacial score (nSPS) is 11.1. The number of hydrogen-bond acceptors (Lipinski definition) is 3. The molecule has 3 heteroatoms. The largest absolute Gasteiger partial charge is 0.489 e. The van der Waals surface area contributed by atoms with Crippen LogP contribution < -0.4 is 4.74 Å². The summed E-state index contributed by atoms with van der Waals surface area (Å²) in [6.45, 7) is 0.563. The Morgan fingerprint density at radius 3 is 2.03 bits per heavy atom. The van der Waals surface area contributed by atoms with Gasteiger partial charge in [0.1, 0.15) is 12.4 Å². The van der Waals surface area contributed by atoms with E-state index in [1.54, 1.807) is 0 Å². The molecule has 0 atom stereocenters. The first-order chi connectivity index (χ1) is 16.3. The first-order valence-corrected chi connectivity index (χ1v) is 12.1. The molecular formula is C30H25NOS. The lowest BCUT2D eigenvalue weighted by molar-refractivity contribution is 0.306. The van der Waals surface area contributed by atoms with Crippen LogP contribution in [0.5, 0.6) is 5.75 Å². The molecule has 4 aromatic carbocycles. The highest BCUT2D eigenvalue weighted by Crippen LogP contribution is 2.27.